The van der Waals surface area contributed by atoms with E-state index in [9.17, 15) is 38.4 Å². The molecule has 6 heterocycles. The van der Waals surface area contributed by atoms with Gasteiger partial charge in [-0.05, 0) is 235 Å². The van der Waals surface area contributed by atoms with Crippen LogP contribution in [0.5, 0.6) is 0 Å². The third-order valence-electron chi connectivity index (χ3n) is 21.1. The molecule has 0 amide bonds. The van der Waals surface area contributed by atoms with Gasteiger partial charge in [-0.3, -0.25) is 19.2 Å². The van der Waals surface area contributed by atoms with E-state index in [2.05, 4.69) is 52.7 Å². The van der Waals surface area contributed by atoms with Crippen LogP contribution in [0.15, 0.2) is 251 Å². The van der Waals surface area contributed by atoms with Gasteiger partial charge in [0.15, 0.2) is 0 Å². The highest BCUT2D eigenvalue weighted by Crippen LogP contribution is 2.39. The third kappa shape index (κ3) is 14.4. The molecule has 0 saturated heterocycles. The molecule has 0 bridgehead atoms. The summed E-state index contributed by atoms with van der Waals surface area (Å²) in [6, 6.07) is 69.9. The molecule has 0 saturated carbocycles. The number of ketones is 4. The van der Waals surface area contributed by atoms with Gasteiger partial charge in [-0.25, -0.2) is 19.2 Å². The van der Waals surface area contributed by atoms with Gasteiger partial charge in [-0.15, -0.1) is 22.7 Å². The molecular formula is C94H74N8O12S2. The predicted molar refractivity (Wildman–Crippen MR) is 457 cm³/mol. The molecule has 6 aromatic heterocycles. The lowest BCUT2D eigenvalue weighted by Gasteiger charge is -2.11. The van der Waals surface area contributed by atoms with Crippen molar-refractivity contribution in [2.24, 2.45) is 20.6 Å². The Morgan fingerprint density at radius 3 is 0.784 bits per heavy atom. The fraction of sp³-hybridized carbons (Fsp3) is 0.149. The summed E-state index contributed by atoms with van der Waals surface area (Å²) in [7, 11) is 0. The monoisotopic (exact) mass is 1570 g/mol. The van der Waals surface area contributed by atoms with Crippen LogP contribution in [0.4, 0.5) is 0 Å². The zero-order valence-corrected chi connectivity index (χ0v) is 66.1. The van der Waals surface area contributed by atoms with Gasteiger partial charge in [-0.1, -0.05) is 81.3 Å². The summed E-state index contributed by atoms with van der Waals surface area (Å²) < 4.78 is 8.66. The highest BCUT2D eigenvalue weighted by atomic mass is 32.1. The Morgan fingerprint density at radius 2 is 0.500 bits per heavy atom. The highest BCUT2D eigenvalue weighted by Gasteiger charge is 2.26. The van der Waals surface area contributed by atoms with Gasteiger partial charge >= 0.3 is 23.9 Å². The molecule has 0 atom stereocenters. The minimum Gasteiger partial charge on any atom is -0.341 e. The number of oxime groups is 4. The highest BCUT2D eigenvalue weighted by molar-refractivity contribution is 7.16. The summed E-state index contributed by atoms with van der Waals surface area (Å²) in [5.41, 5.74) is 14.2. The Kier molecular flexibility index (Phi) is 20.9. The van der Waals surface area contributed by atoms with Gasteiger partial charge in [0.05, 0.1) is 53.5 Å². The van der Waals surface area contributed by atoms with Crippen LogP contribution in [-0.4, -0.2) is 88.1 Å². The Labute approximate surface area is 672 Å². The number of aryl methyl sites for hydroxylation is 4. The van der Waals surface area contributed by atoms with E-state index < -0.39 is 23.9 Å². The number of nitrogens with zero attached hydrogens (tertiary/aromatic N) is 8. The van der Waals surface area contributed by atoms with Crippen LogP contribution in [0, 0.1) is 0 Å². The molecule has 116 heavy (non-hydrogen) atoms. The van der Waals surface area contributed by atoms with Crippen LogP contribution in [0.3, 0.4) is 0 Å². The normalized spacial score (nSPS) is 12.3. The molecule has 0 spiro atoms. The summed E-state index contributed by atoms with van der Waals surface area (Å²) in [5, 5.41) is 23.9. The number of hydrogen-bond acceptors (Lipinski definition) is 18. The lowest BCUT2D eigenvalue weighted by Crippen LogP contribution is -2.11. The molecule has 0 N–H and O–H groups in total. The first-order valence-corrected chi connectivity index (χ1v) is 39.7. The number of carbonyl (C=O) groups is 8. The van der Waals surface area contributed by atoms with E-state index in [0.717, 1.165) is 121 Å². The van der Waals surface area contributed by atoms with Crippen molar-refractivity contribution in [2.75, 3.05) is 0 Å². The Morgan fingerprint density at radius 1 is 0.267 bits per heavy atom. The van der Waals surface area contributed by atoms with Gasteiger partial charge < -0.3 is 37.6 Å². The maximum Gasteiger partial charge on any atom is 0.365 e. The number of thiophene rings is 2. The molecule has 10 aromatic carbocycles. The molecule has 16 rings (SSSR count). The number of hydrogen-bond donors (Lipinski definition) is 0. The van der Waals surface area contributed by atoms with Crippen molar-refractivity contribution in [3.63, 3.8) is 0 Å². The van der Waals surface area contributed by atoms with Crippen LogP contribution in [0.1, 0.15) is 172 Å². The van der Waals surface area contributed by atoms with E-state index in [1.54, 1.807) is 105 Å². The molecule has 0 aliphatic heterocycles. The third-order valence-corrected chi connectivity index (χ3v) is 23.3. The van der Waals surface area contributed by atoms with E-state index in [1.807, 2.05) is 153 Å². The largest absolute Gasteiger partial charge is 0.365 e. The van der Waals surface area contributed by atoms with E-state index in [1.165, 1.54) is 13.8 Å². The molecule has 22 heteroatoms. The maximum absolute atomic E-state index is 14.8. The Balaban J connectivity index is 0.677. The van der Waals surface area contributed by atoms with Crippen LogP contribution in [0.25, 0.3) is 87.2 Å². The van der Waals surface area contributed by atoms with Gasteiger partial charge in [0.2, 0.25) is 23.1 Å². The Hall–Kier alpha value is -14.0. The van der Waals surface area contributed by atoms with Crippen molar-refractivity contribution >= 4 is 180 Å². The number of benzene rings is 10. The van der Waals surface area contributed by atoms with Crippen LogP contribution in [-0.2, 0) is 55.1 Å². The summed E-state index contributed by atoms with van der Waals surface area (Å²) in [5.74, 6) is -3.43. The van der Waals surface area contributed by atoms with Gasteiger partial charge in [-0.2, -0.15) is 0 Å². The second-order valence-electron chi connectivity index (χ2n) is 28.1. The van der Waals surface area contributed by atoms with E-state index in [-0.39, 0.29) is 41.5 Å². The lowest BCUT2D eigenvalue weighted by atomic mass is 9.97. The average molecular weight is 1570 g/mol. The molecule has 0 aliphatic carbocycles. The minimum absolute atomic E-state index is 0.109. The minimum atomic E-state index is -0.687. The van der Waals surface area contributed by atoms with Gasteiger partial charge in [0.1, 0.15) is 0 Å². The first kappa shape index (κ1) is 76.0. The standard InChI is InChI=1S/C94H74N8O12S2/c1-9-99-77-33-23-59(53(5)95-111-55(7)103)45-67(77)71-49-63(27-37-81(71)99)89(105)85-41-43-87(115-85)91(107)65-29-39-83-73(51-65)69-47-61(25-35-79(69)101(83)11-3)75(97-112-56(8)104)31-32-76(98-114-94(110)58-21-17-14-18-22-58)62-26-36-80-70(48-62)74-52-66(30-40-84(74)102(80)12-4)92(108)88-44-42-86(116-88)90(106)64-28-38-82-72(50-64)68-46-60(24-34-78(68)100(82)10-2)54(6)96-113-93(109)57-19-15-13-16-20-57/h13-30,33-52H,9-12,31-32H2,1-8H3/b95-53-,96-54-,97-75-,98-76-. The van der Waals surface area contributed by atoms with Crippen molar-refractivity contribution in [1.82, 2.24) is 18.3 Å². The second-order valence-corrected chi connectivity index (χ2v) is 30.2. The van der Waals surface area contributed by atoms with Crippen molar-refractivity contribution in [2.45, 2.75) is 94.4 Å². The van der Waals surface area contributed by atoms with Crippen LogP contribution >= 0.6 is 22.7 Å². The first-order valence-electron chi connectivity index (χ1n) is 38.0. The molecule has 0 aliphatic rings. The smallest absolute Gasteiger partial charge is 0.341 e. The predicted octanol–water partition coefficient (Wildman–Crippen LogP) is 20.4. The van der Waals surface area contributed by atoms with E-state index >= 15 is 0 Å². The number of fused-ring (bicyclic) bond motifs is 12. The van der Waals surface area contributed by atoms with E-state index in [0.29, 0.717) is 107 Å². The molecular weight excluding hydrogens is 1500 g/mol. The first-order chi connectivity index (χ1) is 56.3. The molecule has 0 fully saturated rings. The summed E-state index contributed by atoms with van der Waals surface area (Å²) in [4.78, 5) is 132. The second kappa shape index (κ2) is 31.9. The van der Waals surface area contributed by atoms with Crippen LogP contribution < -0.4 is 0 Å². The van der Waals surface area contributed by atoms with Gasteiger partial charge in [0.25, 0.3) is 0 Å². The molecule has 20 nitrogen and oxygen atoms in total. The molecule has 0 unspecified atom stereocenters. The van der Waals surface area contributed by atoms with Crippen molar-refractivity contribution in [3.8, 4) is 0 Å². The fourth-order valence-corrected chi connectivity index (χ4v) is 17.3. The quantitative estimate of drug-likeness (QED) is 0.0224. The number of carbonyl (C=O) groups excluding carboxylic acids is 8. The molecule has 574 valence electrons. The molecule has 0 radical (unpaired) electrons. The number of aromatic nitrogens is 4. The van der Waals surface area contributed by atoms with Gasteiger partial charge in [0, 0.05) is 161 Å². The maximum atomic E-state index is 14.8. The van der Waals surface area contributed by atoms with Crippen molar-refractivity contribution < 1.29 is 57.7 Å². The van der Waals surface area contributed by atoms with Crippen molar-refractivity contribution in [1.29, 1.82) is 0 Å². The SMILES string of the molecule is CCn1c2ccc(C(=O)c3ccc(C(=O)c4ccc5c(c4)c4cc(/C(CC/C(=N/OC(=O)c6ccccc6)c6ccc7c(c6)c6cc(C(=O)c8ccc(C(=O)c9ccc%10c(c9)c9cc(/C(C)=N\OC(=O)c%11ccccc%11)ccc9n%10CC)s8)ccc6n7CC)=N\OC(C)=O)ccc4n5CC)s3)cc2c2cc(/C(C)=N\OC(C)=O)ccc21. The number of rotatable bonds is 25. The molecule has 16 aromatic rings. The zero-order chi connectivity index (χ0) is 80.7. The Bertz CT molecular complexity index is 6940. The van der Waals surface area contributed by atoms with E-state index in [4.69, 9.17) is 19.4 Å². The van der Waals surface area contributed by atoms with Crippen molar-refractivity contribution in [3.05, 3.63) is 306 Å². The lowest BCUT2D eigenvalue weighted by molar-refractivity contribution is -0.141. The fourth-order valence-electron chi connectivity index (χ4n) is 15.4. The van der Waals surface area contributed by atoms with Crippen LogP contribution in [0.2, 0.25) is 0 Å². The average Bonchev–Trinajstić information content (AvgIpc) is 1.61. The zero-order valence-electron chi connectivity index (χ0n) is 64.5. The summed E-state index contributed by atoms with van der Waals surface area (Å²) >= 11 is 2.26. The topological polar surface area (TPSA) is 243 Å². The summed E-state index contributed by atoms with van der Waals surface area (Å²) in [6.45, 7) is 16.8. The summed E-state index contributed by atoms with van der Waals surface area (Å²) in [6.07, 6.45) is 0.225.